The highest BCUT2D eigenvalue weighted by Crippen LogP contribution is 2.22. The van der Waals surface area contributed by atoms with E-state index in [1.54, 1.807) is 0 Å². The SMILES string of the molecule is O=S([O-])c1ccc(C(=CF)C(F)F)cc1. The highest BCUT2D eigenvalue weighted by atomic mass is 32.2. The maximum Gasteiger partial charge on any atom is 0.266 e. The molecule has 0 aliphatic rings. The molecule has 0 bridgehead atoms. The lowest BCUT2D eigenvalue weighted by atomic mass is 10.1. The van der Waals surface area contributed by atoms with Crippen LogP contribution < -0.4 is 0 Å². The fourth-order valence-electron chi connectivity index (χ4n) is 0.995. The average molecular weight is 235 g/mol. The second-order valence-corrected chi connectivity index (χ2v) is 3.57. The molecule has 0 saturated heterocycles. The molecule has 0 aromatic heterocycles. The lowest BCUT2D eigenvalue weighted by Gasteiger charge is -2.07. The summed E-state index contributed by atoms with van der Waals surface area (Å²) in [6.45, 7) is 0. The average Bonchev–Trinajstić information content (AvgIpc) is 2.19. The Bertz CT molecular complexity index is 387. The van der Waals surface area contributed by atoms with Crippen LogP contribution >= 0.6 is 0 Å². The van der Waals surface area contributed by atoms with Crippen molar-refractivity contribution in [2.75, 3.05) is 0 Å². The molecule has 0 aliphatic heterocycles. The molecule has 2 nitrogen and oxygen atoms in total. The van der Waals surface area contributed by atoms with Crippen molar-refractivity contribution in [1.82, 2.24) is 0 Å². The summed E-state index contributed by atoms with van der Waals surface area (Å²) in [5, 5.41) is 0. The number of hydrogen-bond acceptors (Lipinski definition) is 2. The zero-order valence-electron chi connectivity index (χ0n) is 7.32. The van der Waals surface area contributed by atoms with E-state index in [0.717, 1.165) is 24.3 Å². The summed E-state index contributed by atoms with van der Waals surface area (Å²) in [6, 6.07) is 4.51. The minimum absolute atomic E-state index is 0.0359. The number of hydrogen-bond donors (Lipinski definition) is 0. The Morgan fingerprint density at radius 3 is 2.20 bits per heavy atom. The quantitative estimate of drug-likeness (QED) is 0.755. The van der Waals surface area contributed by atoms with Crippen LogP contribution in [0.1, 0.15) is 5.56 Å². The van der Waals surface area contributed by atoms with Crippen molar-refractivity contribution in [3.05, 3.63) is 36.2 Å². The molecular formula is C9H6F3O2S-. The van der Waals surface area contributed by atoms with E-state index in [1.807, 2.05) is 0 Å². The van der Waals surface area contributed by atoms with Gasteiger partial charge in [-0.1, -0.05) is 12.1 Å². The normalized spacial score (nSPS) is 14.3. The molecule has 0 amide bonds. The first kappa shape index (κ1) is 11.9. The molecule has 0 spiro atoms. The summed E-state index contributed by atoms with van der Waals surface area (Å²) in [5.41, 5.74) is -0.806. The Morgan fingerprint density at radius 2 is 1.87 bits per heavy atom. The van der Waals surface area contributed by atoms with Gasteiger partial charge in [0, 0.05) is 4.90 Å². The molecule has 1 aromatic rings. The number of halogens is 3. The van der Waals surface area contributed by atoms with Gasteiger partial charge in [-0.25, -0.2) is 13.2 Å². The Morgan fingerprint density at radius 1 is 1.33 bits per heavy atom. The van der Waals surface area contributed by atoms with Crippen molar-refractivity contribution >= 4 is 16.7 Å². The fourth-order valence-corrected chi connectivity index (χ4v) is 1.35. The van der Waals surface area contributed by atoms with E-state index in [9.17, 15) is 21.9 Å². The molecule has 0 N–H and O–H groups in total. The van der Waals surface area contributed by atoms with Crippen LogP contribution in [0.2, 0.25) is 0 Å². The molecule has 6 heteroatoms. The van der Waals surface area contributed by atoms with Crippen LogP contribution in [-0.4, -0.2) is 15.2 Å². The topological polar surface area (TPSA) is 40.1 Å². The molecule has 1 rings (SSSR count). The van der Waals surface area contributed by atoms with Gasteiger partial charge in [-0.2, -0.15) is 0 Å². The van der Waals surface area contributed by atoms with Crippen molar-refractivity contribution in [1.29, 1.82) is 0 Å². The van der Waals surface area contributed by atoms with Gasteiger partial charge in [0.15, 0.2) is 0 Å². The molecule has 1 unspecified atom stereocenters. The molecule has 0 heterocycles. The van der Waals surface area contributed by atoms with Crippen LogP contribution in [0.25, 0.3) is 5.57 Å². The summed E-state index contributed by atoms with van der Waals surface area (Å²) < 4.78 is 57.4. The molecule has 1 aromatic carbocycles. The van der Waals surface area contributed by atoms with E-state index in [4.69, 9.17) is 0 Å². The summed E-state index contributed by atoms with van der Waals surface area (Å²) in [7, 11) is 0. The predicted molar refractivity (Wildman–Crippen MR) is 48.7 cm³/mol. The van der Waals surface area contributed by atoms with Gasteiger partial charge in [0.1, 0.15) is 0 Å². The molecule has 0 radical (unpaired) electrons. The van der Waals surface area contributed by atoms with Gasteiger partial charge in [0.25, 0.3) is 6.43 Å². The van der Waals surface area contributed by atoms with Gasteiger partial charge in [0.2, 0.25) is 0 Å². The van der Waals surface area contributed by atoms with Crippen molar-refractivity contribution in [3.8, 4) is 0 Å². The minimum Gasteiger partial charge on any atom is -0.768 e. The molecule has 82 valence electrons. The molecule has 1 atom stereocenters. The first-order chi connectivity index (χ1) is 7.06. The molecule has 0 fully saturated rings. The lowest BCUT2D eigenvalue weighted by molar-refractivity contribution is 0.214. The van der Waals surface area contributed by atoms with Crippen LogP contribution in [0.15, 0.2) is 35.5 Å². The van der Waals surface area contributed by atoms with E-state index in [-0.39, 0.29) is 16.8 Å². The van der Waals surface area contributed by atoms with E-state index < -0.39 is 23.1 Å². The summed E-state index contributed by atoms with van der Waals surface area (Å²) in [4.78, 5) is -0.0359. The van der Waals surface area contributed by atoms with Crippen LogP contribution in [0.5, 0.6) is 0 Å². The number of alkyl halides is 2. The van der Waals surface area contributed by atoms with Crippen molar-refractivity contribution in [3.63, 3.8) is 0 Å². The molecule has 0 aliphatic carbocycles. The number of allylic oxidation sites excluding steroid dienone is 1. The van der Waals surface area contributed by atoms with Crippen molar-refractivity contribution in [2.45, 2.75) is 11.3 Å². The highest BCUT2D eigenvalue weighted by molar-refractivity contribution is 7.79. The molecule has 15 heavy (non-hydrogen) atoms. The maximum absolute atomic E-state index is 12.2. The van der Waals surface area contributed by atoms with Gasteiger partial charge in [0.05, 0.1) is 11.9 Å². The number of rotatable bonds is 3. The first-order valence-electron chi connectivity index (χ1n) is 3.84. The minimum atomic E-state index is -2.93. The fraction of sp³-hybridized carbons (Fsp3) is 0.111. The third-order valence-electron chi connectivity index (χ3n) is 1.73. The van der Waals surface area contributed by atoms with Gasteiger partial charge >= 0.3 is 0 Å². The van der Waals surface area contributed by atoms with Crippen LogP contribution in [-0.2, 0) is 11.1 Å². The Hall–Kier alpha value is -1.14. The third-order valence-corrected chi connectivity index (χ3v) is 2.39. The maximum atomic E-state index is 12.2. The van der Waals surface area contributed by atoms with Gasteiger partial charge in [-0.3, -0.25) is 4.21 Å². The van der Waals surface area contributed by atoms with E-state index in [0.29, 0.717) is 0 Å². The Balaban J connectivity index is 3.03. The summed E-state index contributed by atoms with van der Waals surface area (Å²) in [5.74, 6) is 0. The van der Waals surface area contributed by atoms with E-state index in [1.165, 1.54) is 0 Å². The van der Waals surface area contributed by atoms with Crippen LogP contribution in [0, 0.1) is 0 Å². The Labute approximate surface area is 86.7 Å². The Kier molecular flexibility index (Phi) is 4.05. The standard InChI is InChI=1S/C9H7F3O2S/c10-5-8(9(11)12)6-1-3-7(4-2-6)15(13)14/h1-5,9H,(H,13,14)/p-1. The van der Waals surface area contributed by atoms with Gasteiger partial charge in [-0.05, 0) is 28.8 Å². The van der Waals surface area contributed by atoms with E-state index >= 15 is 0 Å². The zero-order valence-corrected chi connectivity index (χ0v) is 8.14. The number of benzene rings is 1. The second kappa shape index (κ2) is 5.09. The third kappa shape index (κ3) is 2.90. The van der Waals surface area contributed by atoms with Gasteiger partial charge in [-0.15, -0.1) is 0 Å². The summed E-state index contributed by atoms with van der Waals surface area (Å²) in [6.07, 6.45) is -3.12. The zero-order chi connectivity index (χ0) is 11.4. The second-order valence-electron chi connectivity index (χ2n) is 2.62. The first-order valence-corrected chi connectivity index (χ1v) is 4.92. The molecule has 0 saturated carbocycles. The van der Waals surface area contributed by atoms with Crippen molar-refractivity contribution in [2.24, 2.45) is 0 Å². The highest BCUT2D eigenvalue weighted by Gasteiger charge is 2.13. The smallest absolute Gasteiger partial charge is 0.266 e. The van der Waals surface area contributed by atoms with Gasteiger partial charge < -0.3 is 4.55 Å². The largest absolute Gasteiger partial charge is 0.768 e. The van der Waals surface area contributed by atoms with Crippen molar-refractivity contribution < 1.29 is 21.9 Å². The van der Waals surface area contributed by atoms with E-state index in [2.05, 4.69) is 0 Å². The predicted octanol–water partition coefficient (Wildman–Crippen LogP) is 2.50. The lowest BCUT2D eigenvalue weighted by Crippen LogP contribution is -1.96. The monoisotopic (exact) mass is 235 g/mol. The molecular weight excluding hydrogens is 229 g/mol. The van der Waals surface area contributed by atoms with Crippen LogP contribution in [0.3, 0.4) is 0 Å². The van der Waals surface area contributed by atoms with Crippen LogP contribution in [0.4, 0.5) is 13.2 Å². The summed E-state index contributed by atoms with van der Waals surface area (Å²) >= 11 is -2.41.